The van der Waals surface area contributed by atoms with Crippen LogP contribution in [0.5, 0.6) is 0 Å². The number of allylic oxidation sites excluding steroid dienone is 3. The van der Waals surface area contributed by atoms with E-state index in [4.69, 9.17) is 0 Å². The van der Waals surface area contributed by atoms with Crippen molar-refractivity contribution < 1.29 is 4.79 Å². The third-order valence-corrected chi connectivity index (χ3v) is 4.10. The third kappa shape index (κ3) is 6.74. The van der Waals surface area contributed by atoms with E-state index in [0.717, 1.165) is 11.1 Å². The maximum Gasteiger partial charge on any atom is 0.224 e. The van der Waals surface area contributed by atoms with Crippen LogP contribution in [-0.2, 0) is 11.2 Å². The average Bonchev–Trinajstić information content (AvgIpc) is 2.66. The molecule has 0 radical (unpaired) electrons. The molecular weight excluding hydrogens is 330 g/mol. The molecule has 142 valence electrons. The van der Waals surface area contributed by atoms with Gasteiger partial charge in [-0.3, -0.25) is 4.79 Å². The Labute approximate surface area is 164 Å². The predicted octanol–water partition coefficient (Wildman–Crippen LogP) is 6.43. The number of carbonyl (C=O) groups is 1. The quantitative estimate of drug-likeness (QED) is 0.566. The van der Waals surface area contributed by atoms with Crippen LogP contribution in [0.25, 0.3) is 10.8 Å². The molecule has 0 bridgehead atoms. The van der Waals surface area contributed by atoms with E-state index in [0.29, 0.717) is 24.1 Å². The molecule has 0 fully saturated rings. The highest BCUT2D eigenvalue weighted by atomic mass is 16.1. The molecule has 0 saturated carbocycles. The monoisotopic (exact) mass is 361 g/mol. The lowest BCUT2D eigenvalue weighted by Crippen LogP contribution is -2.24. The number of benzene rings is 2. The maximum absolute atomic E-state index is 12.3. The van der Waals surface area contributed by atoms with Gasteiger partial charge in [0.2, 0.25) is 5.91 Å². The normalized spacial score (nSPS) is 10.6. The Balaban J connectivity index is 0.00000176. The first-order valence-corrected chi connectivity index (χ1v) is 9.37. The van der Waals surface area contributed by atoms with Crippen LogP contribution < -0.4 is 5.32 Å². The molecule has 0 spiro atoms. The number of fused-ring (bicyclic) bond motifs is 1. The zero-order valence-corrected chi connectivity index (χ0v) is 17.1. The number of hydrogen-bond donors (Lipinski definition) is 1. The Kier molecular flexibility index (Phi) is 9.01. The highest BCUT2D eigenvalue weighted by Crippen LogP contribution is 2.19. The van der Waals surface area contributed by atoms with E-state index in [1.165, 1.54) is 16.3 Å². The summed E-state index contributed by atoms with van der Waals surface area (Å²) in [5.41, 5.74) is 4.59. The summed E-state index contributed by atoms with van der Waals surface area (Å²) in [6, 6.07) is 12.7. The fourth-order valence-corrected chi connectivity index (χ4v) is 2.61. The van der Waals surface area contributed by atoms with Crippen LogP contribution in [0.1, 0.15) is 38.3 Å². The van der Waals surface area contributed by atoms with E-state index < -0.39 is 0 Å². The summed E-state index contributed by atoms with van der Waals surface area (Å²) in [5.74, 6) is -0.0421. The minimum atomic E-state index is -0.0421. The third-order valence-electron chi connectivity index (χ3n) is 4.10. The topological polar surface area (TPSA) is 29.1 Å². The summed E-state index contributed by atoms with van der Waals surface area (Å²) in [7, 11) is 0. The Morgan fingerprint density at radius 2 is 1.70 bits per heavy atom. The standard InChI is InChI=1S/C23H25NO.C2H6/c1-6-7-22(18(5)16(2)3)24-23(25)13-10-19-9-12-20-14-17(4)8-11-21(20)15-19;1-2/h6-9,11-12,14-15H,1-2,5,10,13H2,3-4H3,(H,24,25);1-2H3/b22-7+;. The van der Waals surface area contributed by atoms with Gasteiger partial charge in [-0.05, 0) is 53.8 Å². The van der Waals surface area contributed by atoms with E-state index in [9.17, 15) is 4.79 Å². The SMILES string of the molecule is C=C/C=C(/NC(=O)CCc1ccc2cc(C)ccc2c1)C(=C)C(=C)C.CC. The molecule has 0 saturated heterocycles. The van der Waals surface area contributed by atoms with Crippen molar-refractivity contribution in [2.45, 2.75) is 40.5 Å². The highest BCUT2D eigenvalue weighted by Gasteiger charge is 2.08. The second-order valence-electron chi connectivity index (χ2n) is 6.31. The van der Waals surface area contributed by atoms with E-state index in [1.54, 1.807) is 12.2 Å². The van der Waals surface area contributed by atoms with Gasteiger partial charge in [-0.1, -0.05) is 81.6 Å². The largest absolute Gasteiger partial charge is 0.326 e. The van der Waals surface area contributed by atoms with Crippen molar-refractivity contribution in [2.75, 3.05) is 0 Å². The van der Waals surface area contributed by atoms with Gasteiger partial charge in [0.05, 0.1) is 0 Å². The molecule has 0 aromatic heterocycles. The molecule has 2 nitrogen and oxygen atoms in total. The molecule has 0 unspecified atom stereocenters. The molecule has 2 aromatic carbocycles. The zero-order valence-electron chi connectivity index (χ0n) is 17.1. The van der Waals surface area contributed by atoms with E-state index in [1.807, 2.05) is 20.8 Å². The van der Waals surface area contributed by atoms with Crippen LogP contribution in [0, 0.1) is 6.92 Å². The lowest BCUT2D eigenvalue weighted by Gasteiger charge is -2.12. The van der Waals surface area contributed by atoms with Gasteiger partial charge in [-0.15, -0.1) is 0 Å². The van der Waals surface area contributed by atoms with Crippen molar-refractivity contribution in [3.05, 3.63) is 96.3 Å². The number of carbonyl (C=O) groups excluding carboxylic acids is 1. The van der Waals surface area contributed by atoms with Crippen LogP contribution in [-0.4, -0.2) is 5.91 Å². The lowest BCUT2D eigenvalue weighted by atomic mass is 10.0. The molecule has 27 heavy (non-hydrogen) atoms. The van der Waals surface area contributed by atoms with Gasteiger partial charge in [0.25, 0.3) is 0 Å². The van der Waals surface area contributed by atoms with Crippen molar-refractivity contribution in [2.24, 2.45) is 0 Å². The smallest absolute Gasteiger partial charge is 0.224 e. The van der Waals surface area contributed by atoms with Gasteiger partial charge in [0.1, 0.15) is 0 Å². The average molecular weight is 362 g/mol. The molecule has 2 rings (SSSR count). The molecule has 0 aliphatic heterocycles. The number of amides is 1. The second kappa shape index (κ2) is 11.0. The van der Waals surface area contributed by atoms with Gasteiger partial charge < -0.3 is 5.32 Å². The maximum atomic E-state index is 12.3. The number of nitrogens with one attached hydrogen (secondary N) is 1. The van der Waals surface area contributed by atoms with Crippen LogP contribution >= 0.6 is 0 Å². The van der Waals surface area contributed by atoms with Gasteiger partial charge >= 0.3 is 0 Å². The molecule has 1 amide bonds. The summed E-state index contributed by atoms with van der Waals surface area (Å²) in [6.45, 7) is 19.5. The predicted molar refractivity (Wildman–Crippen MR) is 119 cm³/mol. The van der Waals surface area contributed by atoms with Gasteiger partial charge in [-0.25, -0.2) is 0 Å². The number of aryl methyl sites for hydroxylation is 2. The molecular formula is C25H31NO. The van der Waals surface area contributed by atoms with E-state index >= 15 is 0 Å². The van der Waals surface area contributed by atoms with Crippen LogP contribution in [0.2, 0.25) is 0 Å². The molecule has 0 heterocycles. The molecule has 2 aromatic rings. The molecule has 0 atom stereocenters. The Morgan fingerprint density at radius 1 is 1.07 bits per heavy atom. The molecule has 2 heteroatoms. The van der Waals surface area contributed by atoms with Crippen molar-refractivity contribution in [3.8, 4) is 0 Å². The molecule has 0 aliphatic carbocycles. The van der Waals surface area contributed by atoms with Crippen LogP contribution in [0.15, 0.2) is 85.1 Å². The molecule has 0 aliphatic rings. The van der Waals surface area contributed by atoms with Crippen LogP contribution in [0.3, 0.4) is 0 Å². The van der Waals surface area contributed by atoms with Gasteiger partial charge in [-0.2, -0.15) is 0 Å². The zero-order chi connectivity index (χ0) is 20.4. The highest BCUT2D eigenvalue weighted by molar-refractivity contribution is 5.84. The Bertz CT molecular complexity index is 871. The first-order chi connectivity index (χ1) is 12.9. The summed E-state index contributed by atoms with van der Waals surface area (Å²) in [5, 5.41) is 5.33. The van der Waals surface area contributed by atoms with Crippen LogP contribution in [0.4, 0.5) is 0 Å². The summed E-state index contributed by atoms with van der Waals surface area (Å²) < 4.78 is 0. The minimum absolute atomic E-state index is 0.0421. The van der Waals surface area contributed by atoms with Crippen molar-refractivity contribution in [1.82, 2.24) is 5.32 Å². The van der Waals surface area contributed by atoms with Crippen molar-refractivity contribution >= 4 is 16.7 Å². The Morgan fingerprint density at radius 3 is 2.33 bits per heavy atom. The first kappa shape index (κ1) is 22.2. The fraction of sp³-hybridized carbons (Fsp3) is 0.240. The fourth-order valence-electron chi connectivity index (χ4n) is 2.61. The summed E-state index contributed by atoms with van der Waals surface area (Å²) in [4.78, 5) is 12.3. The Hall–Kier alpha value is -2.87. The number of hydrogen-bond acceptors (Lipinski definition) is 1. The van der Waals surface area contributed by atoms with E-state index in [2.05, 4.69) is 68.4 Å². The van der Waals surface area contributed by atoms with Crippen molar-refractivity contribution in [1.29, 1.82) is 0 Å². The summed E-state index contributed by atoms with van der Waals surface area (Å²) in [6.07, 6.45) is 4.48. The summed E-state index contributed by atoms with van der Waals surface area (Å²) >= 11 is 0. The molecule has 1 N–H and O–H groups in total. The number of rotatable bonds is 7. The van der Waals surface area contributed by atoms with Gasteiger partial charge in [0.15, 0.2) is 0 Å². The van der Waals surface area contributed by atoms with E-state index in [-0.39, 0.29) is 5.91 Å². The first-order valence-electron chi connectivity index (χ1n) is 9.37. The minimum Gasteiger partial charge on any atom is -0.326 e. The second-order valence-corrected chi connectivity index (χ2v) is 6.31. The lowest BCUT2D eigenvalue weighted by molar-refractivity contribution is -0.120. The van der Waals surface area contributed by atoms with Gasteiger partial charge in [0, 0.05) is 12.1 Å². The van der Waals surface area contributed by atoms with Crippen molar-refractivity contribution in [3.63, 3.8) is 0 Å².